The van der Waals surface area contributed by atoms with E-state index in [0.717, 1.165) is 18.2 Å². The normalized spacial score (nSPS) is 17.9. The highest BCUT2D eigenvalue weighted by Crippen LogP contribution is 2.37. The monoisotopic (exact) mass is 258 g/mol. The molecule has 0 unspecified atom stereocenters. The molecule has 0 radical (unpaired) electrons. The summed E-state index contributed by atoms with van der Waals surface area (Å²) in [5.41, 5.74) is 0.587. The van der Waals surface area contributed by atoms with Crippen molar-refractivity contribution >= 4 is 21.8 Å². The van der Waals surface area contributed by atoms with Crippen LogP contribution < -0.4 is 5.32 Å². The average molecular weight is 259 g/mol. The van der Waals surface area contributed by atoms with Crippen molar-refractivity contribution in [2.45, 2.75) is 25.3 Å². The molecule has 1 aliphatic rings. The lowest BCUT2D eigenvalue weighted by Crippen LogP contribution is -2.38. The molecule has 14 heavy (non-hydrogen) atoms. The number of halogens is 1. The molecule has 1 saturated carbocycles. The summed E-state index contributed by atoms with van der Waals surface area (Å²) < 4.78 is 5.01. The Bertz CT molecular complexity index is 357. The Hall–Kier alpha value is -0.840. The van der Waals surface area contributed by atoms with E-state index >= 15 is 0 Å². The molecule has 1 N–H and O–H groups in total. The molecule has 4 nitrogen and oxygen atoms in total. The van der Waals surface area contributed by atoms with Gasteiger partial charge in [0, 0.05) is 5.33 Å². The Kier molecular flexibility index (Phi) is 2.34. The van der Waals surface area contributed by atoms with E-state index in [1.54, 1.807) is 6.92 Å². The minimum absolute atomic E-state index is 0.0453. The number of nitrogens with zero attached hydrogens (tertiary/aromatic N) is 1. The first-order chi connectivity index (χ1) is 6.67. The maximum absolute atomic E-state index is 11.7. The van der Waals surface area contributed by atoms with Crippen molar-refractivity contribution in [3.63, 3.8) is 0 Å². The maximum Gasteiger partial charge on any atom is 0.289 e. The van der Waals surface area contributed by atoms with Crippen LogP contribution in [0.25, 0.3) is 0 Å². The van der Waals surface area contributed by atoms with Gasteiger partial charge in [0.05, 0.1) is 11.2 Å². The van der Waals surface area contributed by atoms with Crippen molar-refractivity contribution in [1.29, 1.82) is 0 Å². The summed E-state index contributed by atoms with van der Waals surface area (Å²) in [6, 6.07) is 0. The van der Waals surface area contributed by atoms with Crippen LogP contribution in [-0.4, -0.2) is 21.8 Å². The third kappa shape index (κ3) is 1.68. The Morgan fingerprint density at radius 1 is 1.79 bits per heavy atom. The Morgan fingerprint density at radius 2 is 2.50 bits per heavy atom. The summed E-state index contributed by atoms with van der Waals surface area (Å²) in [5, 5.41) is 3.73. The molecule has 0 aliphatic heterocycles. The molecule has 0 bridgehead atoms. The molecular formula is C9H11BrN2O2. The van der Waals surface area contributed by atoms with Gasteiger partial charge in [0.1, 0.15) is 0 Å². The van der Waals surface area contributed by atoms with Crippen LogP contribution in [0.15, 0.2) is 10.8 Å². The van der Waals surface area contributed by atoms with Crippen molar-refractivity contribution < 1.29 is 9.21 Å². The molecule has 1 aromatic rings. The first kappa shape index (κ1) is 9.71. The SMILES string of the molecule is Cc1ncoc1C(=O)NC1(CBr)CC1. The minimum atomic E-state index is -0.169. The first-order valence-corrected chi connectivity index (χ1v) is 5.58. The number of aryl methyl sites for hydroxylation is 1. The van der Waals surface area contributed by atoms with E-state index in [1.165, 1.54) is 6.39 Å². The molecule has 2 rings (SSSR count). The van der Waals surface area contributed by atoms with E-state index < -0.39 is 0 Å². The quantitative estimate of drug-likeness (QED) is 0.839. The molecule has 1 aliphatic carbocycles. The van der Waals surface area contributed by atoms with Gasteiger partial charge < -0.3 is 9.73 Å². The number of nitrogens with one attached hydrogen (secondary N) is 1. The average Bonchev–Trinajstić information content (AvgIpc) is 2.80. The minimum Gasteiger partial charge on any atom is -0.438 e. The third-order valence-corrected chi connectivity index (χ3v) is 3.51. The summed E-state index contributed by atoms with van der Waals surface area (Å²) in [6.45, 7) is 1.76. The molecule has 0 aromatic carbocycles. The maximum atomic E-state index is 11.7. The Morgan fingerprint density at radius 3 is 2.93 bits per heavy atom. The van der Waals surface area contributed by atoms with E-state index in [-0.39, 0.29) is 11.4 Å². The lowest BCUT2D eigenvalue weighted by atomic mass is 10.3. The predicted octanol–water partition coefficient (Wildman–Crippen LogP) is 1.64. The highest BCUT2D eigenvalue weighted by Gasteiger charge is 2.43. The molecular weight excluding hydrogens is 248 g/mol. The van der Waals surface area contributed by atoms with Gasteiger partial charge in [0.2, 0.25) is 5.76 Å². The fourth-order valence-corrected chi connectivity index (χ4v) is 1.96. The highest BCUT2D eigenvalue weighted by molar-refractivity contribution is 9.09. The number of oxazole rings is 1. The molecule has 0 spiro atoms. The van der Waals surface area contributed by atoms with E-state index in [0.29, 0.717) is 11.5 Å². The van der Waals surface area contributed by atoms with E-state index in [4.69, 9.17) is 4.42 Å². The number of aromatic nitrogens is 1. The fourth-order valence-electron chi connectivity index (χ4n) is 1.26. The van der Waals surface area contributed by atoms with Gasteiger partial charge in [-0.3, -0.25) is 4.79 Å². The second kappa shape index (κ2) is 3.38. The van der Waals surface area contributed by atoms with Gasteiger partial charge in [0.15, 0.2) is 6.39 Å². The second-order valence-corrected chi connectivity index (χ2v) is 4.20. The van der Waals surface area contributed by atoms with Gasteiger partial charge >= 0.3 is 0 Å². The topological polar surface area (TPSA) is 55.1 Å². The van der Waals surface area contributed by atoms with Crippen LogP contribution in [0.1, 0.15) is 29.1 Å². The number of alkyl halides is 1. The number of rotatable bonds is 3. The predicted molar refractivity (Wildman–Crippen MR) is 54.5 cm³/mol. The van der Waals surface area contributed by atoms with Crippen LogP contribution in [0.4, 0.5) is 0 Å². The standard InChI is InChI=1S/C9H11BrN2O2/c1-6-7(14-5-11-6)8(13)12-9(4-10)2-3-9/h5H,2-4H2,1H3,(H,12,13). The Balaban J connectivity index is 2.07. The molecule has 76 valence electrons. The second-order valence-electron chi connectivity index (χ2n) is 3.63. The zero-order valence-electron chi connectivity index (χ0n) is 7.84. The highest BCUT2D eigenvalue weighted by atomic mass is 79.9. The summed E-state index contributed by atoms with van der Waals surface area (Å²) in [5.74, 6) is 0.147. The zero-order chi connectivity index (χ0) is 10.2. The van der Waals surface area contributed by atoms with Crippen LogP contribution in [0.3, 0.4) is 0 Å². The number of carbonyl (C=O) groups is 1. The van der Waals surface area contributed by atoms with Crippen molar-refractivity contribution in [2.75, 3.05) is 5.33 Å². The summed E-state index contributed by atoms with van der Waals surface area (Å²) in [7, 11) is 0. The molecule has 1 amide bonds. The number of hydrogen-bond donors (Lipinski definition) is 1. The van der Waals surface area contributed by atoms with Gasteiger partial charge in [-0.25, -0.2) is 4.98 Å². The van der Waals surface area contributed by atoms with E-state index in [1.807, 2.05) is 0 Å². The smallest absolute Gasteiger partial charge is 0.289 e. The molecule has 5 heteroatoms. The number of amides is 1. The van der Waals surface area contributed by atoms with Gasteiger partial charge in [-0.2, -0.15) is 0 Å². The van der Waals surface area contributed by atoms with Crippen LogP contribution >= 0.6 is 15.9 Å². The van der Waals surface area contributed by atoms with E-state index in [2.05, 4.69) is 26.2 Å². The van der Waals surface area contributed by atoms with Gasteiger partial charge in [-0.05, 0) is 19.8 Å². The van der Waals surface area contributed by atoms with Crippen molar-refractivity contribution in [2.24, 2.45) is 0 Å². The van der Waals surface area contributed by atoms with Gasteiger partial charge in [-0.15, -0.1) is 0 Å². The van der Waals surface area contributed by atoms with Gasteiger partial charge in [0.25, 0.3) is 5.91 Å². The number of carbonyl (C=O) groups excluding carboxylic acids is 1. The zero-order valence-corrected chi connectivity index (χ0v) is 9.43. The summed E-state index contributed by atoms with van der Waals surface area (Å²) in [4.78, 5) is 15.6. The molecule has 1 aromatic heterocycles. The molecule has 1 heterocycles. The number of hydrogen-bond acceptors (Lipinski definition) is 3. The van der Waals surface area contributed by atoms with Crippen LogP contribution in [0, 0.1) is 6.92 Å². The lowest BCUT2D eigenvalue weighted by molar-refractivity contribution is 0.0907. The van der Waals surface area contributed by atoms with Gasteiger partial charge in [-0.1, -0.05) is 15.9 Å². The van der Waals surface area contributed by atoms with Crippen molar-refractivity contribution in [1.82, 2.24) is 10.3 Å². The first-order valence-electron chi connectivity index (χ1n) is 4.45. The summed E-state index contributed by atoms with van der Waals surface area (Å²) in [6.07, 6.45) is 3.34. The third-order valence-electron chi connectivity index (χ3n) is 2.44. The summed E-state index contributed by atoms with van der Waals surface area (Å²) >= 11 is 3.38. The molecule has 0 atom stereocenters. The lowest BCUT2D eigenvalue weighted by Gasteiger charge is -2.12. The Labute approximate surface area is 90.2 Å². The van der Waals surface area contributed by atoms with Crippen molar-refractivity contribution in [3.05, 3.63) is 17.8 Å². The largest absolute Gasteiger partial charge is 0.438 e. The molecule has 0 saturated heterocycles. The van der Waals surface area contributed by atoms with Crippen molar-refractivity contribution in [3.8, 4) is 0 Å². The van der Waals surface area contributed by atoms with Crippen LogP contribution in [-0.2, 0) is 0 Å². The molecule has 1 fully saturated rings. The van der Waals surface area contributed by atoms with Crippen LogP contribution in [0.2, 0.25) is 0 Å². The van der Waals surface area contributed by atoms with Crippen LogP contribution in [0.5, 0.6) is 0 Å². The fraction of sp³-hybridized carbons (Fsp3) is 0.556. The van der Waals surface area contributed by atoms with E-state index in [9.17, 15) is 4.79 Å².